The molecule has 2 aromatic rings. The molecule has 0 saturated carbocycles. The summed E-state index contributed by atoms with van der Waals surface area (Å²) in [5, 5.41) is 2.99. The standard InChI is InChI=1S/C20H24N2O3/c1-24-19-8-5-16(6-9-19)7-10-20(23)21-17-3-2-4-18(15-17)22-11-13-25-14-12-22/h2-6,8-9,15H,7,10-14H2,1H3,(H,21,23). The second-order valence-electron chi connectivity index (χ2n) is 6.05. The Balaban J connectivity index is 1.53. The van der Waals surface area contributed by atoms with Gasteiger partial charge in [-0.1, -0.05) is 18.2 Å². The number of rotatable bonds is 6. The average molecular weight is 340 g/mol. The van der Waals surface area contributed by atoms with Crippen LogP contribution in [-0.2, 0) is 16.0 Å². The lowest BCUT2D eigenvalue weighted by Gasteiger charge is -2.29. The summed E-state index contributed by atoms with van der Waals surface area (Å²) in [6.45, 7) is 3.26. The van der Waals surface area contributed by atoms with E-state index in [1.54, 1.807) is 7.11 Å². The van der Waals surface area contributed by atoms with Gasteiger partial charge >= 0.3 is 0 Å². The highest BCUT2D eigenvalue weighted by molar-refractivity contribution is 5.91. The van der Waals surface area contributed by atoms with Gasteiger partial charge in [0.1, 0.15) is 5.75 Å². The molecule has 5 nitrogen and oxygen atoms in total. The van der Waals surface area contributed by atoms with Crippen LogP contribution in [0.2, 0.25) is 0 Å². The molecule has 1 aliphatic rings. The monoisotopic (exact) mass is 340 g/mol. The van der Waals surface area contributed by atoms with E-state index in [9.17, 15) is 4.79 Å². The van der Waals surface area contributed by atoms with Gasteiger partial charge in [-0.3, -0.25) is 4.79 Å². The van der Waals surface area contributed by atoms with E-state index in [1.807, 2.05) is 42.5 Å². The van der Waals surface area contributed by atoms with Crippen LogP contribution >= 0.6 is 0 Å². The van der Waals surface area contributed by atoms with E-state index in [2.05, 4.69) is 16.3 Å². The van der Waals surface area contributed by atoms with E-state index >= 15 is 0 Å². The van der Waals surface area contributed by atoms with Crippen molar-refractivity contribution in [3.63, 3.8) is 0 Å². The highest BCUT2D eigenvalue weighted by Crippen LogP contribution is 2.21. The van der Waals surface area contributed by atoms with Crippen LogP contribution in [0.4, 0.5) is 11.4 Å². The van der Waals surface area contributed by atoms with E-state index in [1.165, 1.54) is 0 Å². The molecular weight excluding hydrogens is 316 g/mol. The third-order valence-electron chi connectivity index (χ3n) is 4.31. The van der Waals surface area contributed by atoms with Crippen LogP contribution in [-0.4, -0.2) is 39.3 Å². The molecule has 0 aromatic heterocycles. The molecule has 5 heteroatoms. The molecule has 132 valence electrons. The number of nitrogens with zero attached hydrogens (tertiary/aromatic N) is 1. The van der Waals surface area contributed by atoms with Gasteiger partial charge in [0.2, 0.25) is 5.91 Å². The van der Waals surface area contributed by atoms with Crippen molar-refractivity contribution in [2.24, 2.45) is 0 Å². The minimum atomic E-state index is 0.0231. The minimum absolute atomic E-state index is 0.0231. The first kappa shape index (κ1) is 17.3. The molecular formula is C20H24N2O3. The van der Waals surface area contributed by atoms with E-state index in [0.29, 0.717) is 12.8 Å². The van der Waals surface area contributed by atoms with E-state index in [-0.39, 0.29) is 5.91 Å². The normalized spacial score (nSPS) is 14.2. The molecule has 2 aromatic carbocycles. The molecule has 3 rings (SSSR count). The SMILES string of the molecule is COc1ccc(CCC(=O)Nc2cccc(N3CCOCC3)c2)cc1. The number of carbonyl (C=O) groups excluding carboxylic acids is 1. The van der Waals surface area contributed by atoms with Gasteiger partial charge in [0.05, 0.1) is 20.3 Å². The molecule has 25 heavy (non-hydrogen) atoms. The third-order valence-corrected chi connectivity index (χ3v) is 4.31. The zero-order chi connectivity index (χ0) is 17.5. The Kier molecular flexibility index (Phi) is 5.90. The summed E-state index contributed by atoms with van der Waals surface area (Å²) >= 11 is 0. The number of methoxy groups -OCH3 is 1. The number of benzene rings is 2. The number of hydrogen-bond donors (Lipinski definition) is 1. The molecule has 1 aliphatic heterocycles. The van der Waals surface area contributed by atoms with Crippen molar-refractivity contribution in [3.05, 3.63) is 54.1 Å². The summed E-state index contributed by atoms with van der Waals surface area (Å²) in [6.07, 6.45) is 1.16. The highest BCUT2D eigenvalue weighted by atomic mass is 16.5. The fourth-order valence-electron chi connectivity index (χ4n) is 2.88. The Morgan fingerprint density at radius 3 is 2.64 bits per heavy atom. The van der Waals surface area contributed by atoms with Crippen molar-refractivity contribution >= 4 is 17.3 Å². The number of hydrogen-bond acceptors (Lipinski definition) is 4. The van der Waals surface area contributed by atoms with Gasteiger partial charge in [0.15, 0.2) is 0 Å². The van der Waals surface area contributed by atoms with Crippen LogP contribution in [0.5, 0.6) is 5.75 Å². The van der Waals surface area contributed by atoms with Crippen molar-refractivity contribution in [3.8, 4) is 5.75 Å². The van der Waals surface area contributed by atoms with Crippen LogP contribution < -0.4 is 15.0 Å². The largest absolute Gasteiger partial charge is 0.497 e. The van der Waals surface area contributed by atoms with Gasteiger partial charge in [-0.2, -0.15) is 0 Å². The topological polar surface area (TPSA) is 50.8 Å². The zero-order valence-corrected chi connectivity index (χ0v) is 14.5. The summed E-state index contributed by atoms with van der Waals surface area (Å²) in [5.41, 5.74) is 3.08. The number of ether oxygens (including phenoxy) is 2. The molecule has 1 N–H and O–H groups in total. The lowest BCUT2D eigenvalue weighted by Crippen LogP contribution is -2.36. The van der Waals surface area contributed by atoms with E-state index in [4.69, 9.17) is 9.47 Å². The second-order valence-corrected chi connectivity index (χ2v) is 6.05. The molecule has 0 unspecified atom stereocenters. The molecule has 1 amide bonds. The van der Waals surface area contributed by atoms with Crippen molar-refractivity contribution < 1.29 is 14.3 Å². The summed E-state index contributed by atoms with van der Waals surface area (Å²) in [7, 11) is 1.65. The van der Waals surface area contributed by atoms with Crippen LogP contribution in [0.15, 0.2) is 48.5 Å². The van der Waals surface area contributed by atoms with Crippen molar-refractivity contribution in [1.82, 2.24) is 0 Å². The molecule has 0 radical (unpaired) electrons. The molecule has 1 fully saturated rings. The van der Waals surface area contributed by atoms with Gasteiger partial charge in [-0.25, -0.2) is 0 Å². The number of anilines is 2. The first-order chi connectivity index (χ1) is 12.2. The van der Waals surface area contributed by atoms with Crippen molar-refractivity contribution in [2.45, 2.75) is 12.8 Å². The van der Waals surface area contributed by atoms with Crippen LogP contribution in [0.3, 0.4) is 0 Å². The number of carbonyl (C=O) groups is 1. The second kappa shape index (κ2) is 8.53. The zero-order valence-electron chi connectivity index (χ0n) is 14.5. The molecule has 0 spiro atoms. The fourth-order valence-corrected chi connectivity index (χ4v) is 2.88. The molecule has 1 saturated heterocycles. The lowest BCUT2D eigenvalue weighted by molar-refractivity contribution is -0.116. The van der Waals surface area contributed by atoms with Gasteiger partial charge in [-0.05, 0) is 42.3 Å². The Morgan fingerprint density at radius 1 is 1.16 bits per heavy atom. The Hall–Kier alpha value is -2.53. The number of aryl methyl sites for hydroxylation is 1. The summed E-state index contributed by atoms with van der Waals surface area (Å²) in [6, 6.07) is 15.8. The fraction of sp³-hybridized carbons (Fsp3) is 0.350. The number of amides is 1. The first-order valence-corrected chi connectivity index (χ1v) is 8.60. The van der Waals surface area contributed by atoms with E-state index < -0.39 is 0 Å². The summed E-state index contributed by atoms with van der Waals surface area (Å²) in [5.74, 6) is 0.850. The predicted octanol–water partition coefficient (Wildman–Crippen LogP) is 3.10. The molecule has 0 atom stereocenters. The molecule has 1 heterocycles. The third kappa shape index (κ3) is 4.97. The van der Waals surface area contributed by atoms with Crippen LogP contribution in [0.1, 0.15) is 12.0 Å². The first-order valence-electron chi connectivity index (χ1n) is 8.60. The predicted molar refractivity (Wildman–Crippen MR) is 99.4 cm³/mol. The van der Waals surface area contributed by atoms with Gasteiger partial charge < -0.3 is 19.7 Å². The quantitative estimate of drug-likeness (QED) is 0.878. The summed E-state index contributed by atoms with van der Waals surface area (Å²) in [4.78, 5) is 14.5. The van der Waals surface area contributed by atoms with Gasteiger partial charge in [0, 0.05) is 30.9 Å². The maximum Gasteiger partial charge on any atom is 0.224 e. The summed E-state index contributed by atoms with van der Waals surface area (Å²) < 4.78 is 10.5. The Bertz CT molecular complexity index is 694. The minimum Gasteiger partial charge on any atom is -0.497 e. The average Bonchev–Trinajstić information content (AvgIpc) is 2.68. The molecule has 0 bridgehead atoms. The lowest BCUT2D eigenvalue weighted by atomic mass is 10.1. The smallest absolute Gasteiger partial charge is 0.224 e. The van der Waals surface area contributed by atoms with Crippen LogP contribution in [0.25, 0.3) is 0 Å². The van der Waals surface area contributed by atoms with E-state index in [0.717, 1.165) is 49.0 Å². The van der Waals surface area contributed by atoms with Crippen molar-refractivity contribution in [1.29, 1.82) is 0 Å². The van der Waals surface area contributed by atoms with Crippen LogP contribution in [0, 0.1) is 0 Å². The molecule has 0 aliphatic carbocycles. The maximum atomic E-state index is 12.2. The number of morpholine rings is 1. The van der Waals surface area contributed by atoms with Crippen molar-refractivity contribution in [2.75, 3.05) is 43.6 Å². The Labute approximate surface area is 148 Å². The van der Waals surface area contributed by atoms with Gasteiger partial charge in [-0.15, -0.1) is 0 Å². The van der Waals surface area contributed by atoms with Gasteiger partial charge in [0.25, 0.3) is 0 Å². The number of nitrogens with one attached hydrogen (secondary N) is 1. The highest BCUT2D eigenvalue weighted by Gasteiger charge is 2.12. The Morgan fingerprint density at radius 2 is 1.92 bits per heavy atom. The maximum absolute atomic E-state index is 12.2.